The summed E-state index contributed by atoms with van der Waals surface area (Å²) in [5.74, 6) is 0.802. The predicted octanol–water partition coefficient (Wildman–Crippen LogP) is 3.32. The highest BCUT2D eigenvalue weighted by Crippen LogP contribution is 2.23. The first-order chi connectivity index (χ1) is 14.1. The van der Waals surface area contributed by atoms with Gasteiger partial charge in [-0.3, -0.25) is 4.99 Å². The van der Waals surface area contributed by atoms with Gasteiger partial charge in [0.05, 0.1) is 23.0 Å². The van der Waals surface area contributed by atoms with Crippen LogP contribution in [0.1, 0.15) is 30.9 Å². The van der Waals surface area contributed by atoms with E-state index in [1.807, 2.05) is 18.5 Å². The predicted molar refractivity (Wildman–Crippen MR) is 117 cm³/mol. The van der Waals surface area contributed by atoms with Gasteiger partial charge in [-0.25, -0.2) is 4.98 Å². The normalized spacial score (nSPS) is 19.6. The van der Waals surface area contributed by atoms with E-state index in [1.54, 1.807) is 7.05 Å². The number of rotatable bonds is 6. The molecular weight excluding hydrogens is 362 g/mol. The van der Waals surface area contributed by atoms with Crippen molar-refractivity contribution < 1.29 is 4.74 Å². The number of benzene rings is 2. The van der Waals surface area contributed by atoms with Crippen molar-refractivity contribution in [2.24, 2.45) is 4.99 Å². The summed E-state index contributed by atoms with van der Waals surface area (Å²) in [6.07, 6.45) is 4.13. The summed E-state index contributed by atoms with van der Waals surface area (Å²) in [5, 5.41) is 6.77. The molecule has 0 aliphatic carbocycles. The van der Waals surface area contributed by atoms with E-state index in [0.717, 1.165) is 56.1 Å². The monoisotopic (exact) mass is 391 g/mol. The Hall–Kier alpha value is -2.86. The zero-order valence-corrected chi connectivity index (χ0v) is 17.2. The molecule has 1 aliphatic heterocycles. The van der Waals surface area contributed by atoms with Gasteiger partial charge in [-0.2, -0.15) is 0 Å². The van der Waals surface area contributed by atoms with Crippen LogP contribution >= 0.6 is 0 Å². The third kappa shape index (κ3) is 4.77. The summed E-state index contributed by atoms with van der Waals surface area (Å²) >= 11 is 0. The van der Waals surface area contributed by atoms with Crippen molar-refractivity contribution in [1.29, 1.82) is 0 Å². The zero-order chi connectivity index (χ0) is 20.1. The highest BCUT2D eigenvalue weighted by molar-refractivity contribution is 5.79. The van der Waals surface area contributed by atoms with Crippen molar-refractivity contribution in [3.63, 3.8) is 0 Å². The molecule has 4 rings (SSSR count). The number of guanidine groups is 1. The van der Waals surface area contributed by atoms with Crippen molar-refractivity contribution in [2.45, 2.75) is 38.5 Å². The number of fused-ring (bicyclic) bond motifs is 1. The number of ether oxygens (including phenoxy) is 1. The average Bonchev–Trinajstić information content (AvgIpc) is 3.36. The molecule has 1 aromatic heterocycles. The van der Waals surface area contributed by atoms with Crippen molar-refractivity contribution >= 4 is 17.0 Å². The molecule has 2 N–H and O–H groups in total. The van der Waals surface area contributed by atoms with Crippen LogP contribution in [0.25, 0.3) is 11.0 Å². The number of nitrogens with zero attached hydrogens (tertiary/aromatic N) is 3. The van der Waals surface area contributed by atoms with E-state index in [1.165, 1.54) is 11.1 Å². The van der Waals surface area contributed by atoms with Crippen LogP contribution in [0.2, 0.25) is 0 Å². The van der Waals surface area contributed by atoms with E-state index < -0.39 is 0 Å². The lowest BCUT2D eigenvalue weighted by molar-refractivity contribution is 0.0243. The topological polar surface area (TPSA) is 63.5 Å². The fraction of sp³-hybridized carbons (Fsp3) is 0.391. The minimum atomic E-state index is -0.0865. The zero-order valence-electron chi connectivity index (χ0n) is 17.2. The third-order valence-electron chi connectivity index (χ3n) is 5.52. The lowest BCUT2D eigenvalue weighted by Crippen LogP contribution is -2.45. The van der Waals surface area contributed by atoms with Gasteiger partial charge in [0.15, 0.2) is 5.96 Å². The Balaban J connectivity index is 1.31. The van der Waals surface area contributed by atoms with Crippen LogP contribution in [0.5, 0.6) is 0 Å². The van der Waals surface area contributed by atoms with Gasteiger partial charge >= 0.3 is 0 Å². The van der Waals surface area contributed by atoms with Crippen molar-refractivity contribution in [1.82, 2.24) is 20.2 Å². The molecule has 29 heavy (non-hydrogen) atoms. The third-order valence-corrected chi connectivity index (χ3v) is 5.52. The molecule has 1 aliphatic rings. The highest BCUT2D eigenvalue weighted by atomic mass is 16.5. The number of aliphatic imine (C=N–C) groups is 1. The van der Waals surface area contributed by atoms with Crippen molar-refractivity contribution in [2.75, 3.05) is 20.2 Å². The van der Waals surface area contributed by atoms with Gasteiger partial charge in [0.2, 0.25) is 0 Å². The van der Waals surface area contributed by atoms with Crippen LogP contribution in [0.3, 0.4) is 0 Å². The summed E-state index contributed by atoms with van der Waals surface area (Å²) in [5.41, 5.74) is 4.58. The number of imidazole rings is 1. The van der Waals surface area contributed by atoms with E-state index in [9.17, 15) is 0 Å². The number of para-hydroxylation sites is 2. The summed E-state index contributed by atoms with van der Waals surface area (Å²) in [7, 11) is 1.80. The van der Waals surface area contributed by atoms with Gasteiger partial charge in [0.25, 0.3) is 0 Å². The summed E-state index contributed by atoms with van der Waals surface area (Å²) in [6.45, 7) is 5.32. The molecule has 1 unspecified atom stereocenters. The van der Waals surface area contributed by atoms with Crippen molar-refractivity contribution in [3.8, 4) is 0 Å². The molecular formula is C23H29N5O. The van der Waals surface area contributed by atoms with Gasteiger partial charge in [0.1, 0.15) is 0 Å². The molecule has 0 amide bonds. The molecule has 1 saturated heterocycles. The first-order valence-corrected chi connectivity index (χ1v) is 10.2. The second-order valence-corrected chi connectivity index (χ2v) is 7.86. The smallest absolute Gasteiger partial charge is 0.191 e. The van der Waals surface area contributed by atoms with E-state index in [-0.39, 0.29) is 5.60 Å². The molecule has 152 valence electrons. The number of hydrogen-bond donors (Lipinski definition) is 2. The molecule has 0 spiro atoms. The Labute approximate surface area is 172 Å². The van der Waals surface area contributed by atoms with E-state index in [4.69, 9.17) is 4.74 Å². The minimum absolute atomic E-state index is 0.0865. The highest BCUT2D eigenvalue weighted by Gasteiger charge is 2.29. The van der Waals surface area contributed by atoms with Gasteiger partial charge in [-0.15, -0.1) is 0 Å². The first kappa shape index (κ1) is 19.5. The average molecular weight is 392 g/mol. The fourth-order valence-electron chi connectivity index (χ4n) is 3.75. The Bertz CT molecular complexity index is 970. The largest absolute Gasteiger partial charge is 0.373 e. The molecule has 1 fully saturated rings. The van der Waals surface area contributed by atoms with Crippen LogP contribution in [-0.4, -0.2) is 41.3 Å². The van der Waals surface area contributed by atoms with Crippen LogP contribution in [0.4, 0.5) is 0 Å². The van der Waals surface area contributed by atoms with E-state index >= 15 is 0 Å². The quantitative estimate of drug-likeness (QED) is 0.500. The number of hydrogen-bond acceptors (Lipinski definition) is 3. The second kappa shape index (κ2) is 8.66. The van der Waals surface area contributed by atoms with Gasteiger partial charge in [0, 0.05) is 33.3 Å². The van der Waals surface area contributed by atoms with Gasteiger partial charge in [-0.1, -0.05) is 36.4 Å². The Morgan fingerprint density at radius 1 is 1.14 bits per heavy atom. The maximum Gasteiger partial charge on any atom is 0.191 e. The molecule has 2 heterocycles. The van der Waals surface area contributed by atoms with Crippen LogP contribution in [-0.2, 0) is 17.8 Å². The minimum Gasteiger partial charge on any atom is -0.373 e. The van der Waals surface area contributed by atoms with Gasteiger partial charge in [-0.05, 0) is 43.0 Å². The number of nitrogens with one attached hydrogen (secondary N) is 2. The Morgan fingerprint density at radius 3 is 2.69 bits per heavy atom. The maximum absolute atomic E-state index is 5.83. The molecule has 0 radical (unpaired) electrons. The van der Waals surface area contributed by atoms with Crippen molar-refractivity contribution in [3.05, 3.63) is 66.0 Å². The fourth-order valence-corrected chi connectivity index (χ4v) is 3.75. The van der Waals surface area contributed by atoms with Crippen LogP contribution in [0, 0.1) is 0 Å². The maximum atomic E-state index is 5.83. The van der Waals surface area contributed by atoms with E-state index in [0.29, 0.717) is 0 Å². The number of aromatic nitrogens is 2. The van der Waals surface area contributed by atoms with Gasteiger partial charge < -0.3 is 19.9 Å². The standard InChI is InChI=1S/C23H29N5O/c1-23(12-5-13-29-23)16-26-22(24-2)25-14-18-8-10-19(11-9-18)15-28-17-27-20-6-3-4-7-21(20)28/h3-4,6-11,17H,5,12-16H2,1-2H3,(H2,24,25,26). The van der Waals surface area contributed by atoms with Crippen LogP contribution in [0.15, 0.2) is 59.9 Å². The molecule has 3 aromatic rings. The Morgan fingerprint density at radius 2 is 1.93 bits per heavy atom. The van der Waals surface area contributed by atoms with E-state index in [2.05, 4.69) is 68.5 Å². The lowest BCUT2D eigenvalue weighted by Gasteiger charge is -2.24. The van der Waals surface area contributed by atoms with Crippen LogP contribution < -0.4 is 10.6 Å². The summed E-state index contributed by atoms with van der Waals surface area (Å²) in [4.78, 5) is 8.79. The first-order valence-electron chi connectivity index (χ1n) is 10.2. The molecule has 0 bridgehead atoms. The molecule has 6 heteroatoms. The molecule has 2 aromatic carbocycles. The lowest BCUT2D eigenvalue weighted by atomic mass is 10.0. The summed E-state index contributed by atoms with van der Waals surface area (Å²) in [6, 6.07) is 16.9. The molecule has 1 atom stereocenters. The molecule has 6 nitrogen and oxygen atoms in total. The second-order valence-electron chi connectivity index (χ2n) is 7.86. The Kier molecular flexibility index (Phi) is 5.81. The summed E-state index contributed by atoms with van der Waals surface area (Å²) < 4.78 is 8.01. The molecule has 0 saturated carbocycles. The SMILES string of the molecule is CN=C(NCc1ccc(Cn2cnc3ccccc32)cc1)NCC1(C)CCCO1.